The molecule has 0 saturated carbocycles. The van der Waals surface area contributed by atoms with Gasteiger partial charge in [0.1, 0.15) is 0 Å². The van der Waals surface area contributed by atoms with Crippen molar-refractivity contribution in [3.63, 3.8) is 0 Å². The lowest BCUT2D eigenvalue weighted by Gasteiger charge is -2.12. The quantitative estimate of drug-likeness (QED) is 0.780. The summed E-state index contributed by atoms with van der Waals surface area (Å²) in [7, 11) is 1.50. The first kappa shape index (κ1) is 12.2. The number of aromatic hydroxyl groups is 2. The van der Waals surface area contributed by atoms with Crippen LogP contribution < -0.4 is 10.3 Å². The van der Waals surface area contributed by atoms with Crippen LogP contribution in [-0.2, 0) is 7.05 Å². The first-order valence-electron chi connectivity index (χ1n) is 5.49. The fraction of sp³-hybridized carbons (Fsp3) is 0.333. The molecule has 2 N–H and O–H groups in total. The fourth-order valence-electron chi connectivity index (χ4n) is 1.65. The van der Waals surface area contributed by atoms with E-state index in [1.165, 1.54) is 19.2 Å². The van der Waals surface area contributed by atoms with Crippen LogP contribution in [-0.4, -0.2) is 26.1 Å². The Kier molecular flexibility index (Phi) is 2.86. The Labute approximate surface area is 103 Å². The Morgan fingerprint density at radius 1 is 1.22 bits per heavy atom. The molecule has 96 valence electrons. The van der Waals surface area contributed by atoms with Crippen LogP contribution >= 0.6 is 0 Å². The van der Waals surface area contributed by atoms with Gasteiger partial charge in [-0.15, -0.1) is 5.10 Å². The molecule has 0 spiro atoms. The van der Waals surface area contributed by atoms with Gasteiger partial charge in [-0.3, -0.25) is 4.79 Å². The minimum Gasteiger partial charge on any atom is -0.504 e. The summed E-state index contributed by atoms with van der Waals surface area (Å²) in [6.07, 6.45) is -0.117. The highest BCUT2D eigenvalue weighted by atomic mass is 16.5. The van der Waals surface area contributed by atoms with Crippen LogP contribution in [0.25, 0.3) is 10.8 Å². The zero-order chi connectivity index (χ0) is 13.4. The van der Waals surface area contributed by atoms with E-state index in [-0.39, 0.29) is 34.4 Å². The normalized spacial score (nSPS) is 11.1. The summed E-state index contributed by atoms with van der Waals surface area (Å²) in [6, 6.07) is 2.48. The SMILES string of the molecule is CC(C)Oc1nn(C)c(=O)c2cc(O)c(O)cc12. The van der Waals surface area contributed by atoms with E-state index < -0.39 is 0 Å². The van der Waals surface area contributed by atoms with Gasteiger partial charge in [0.2, 0.25) is 5.88 Å². The summed E-state index contributed by atoms with van der Waals surface area (Å²) < 4.78 is 6.63. The van der Waals surface area contributed by atoms with Gasteiger partial charge in [0, 0.05) is 7.05 Å². The smallest absolute Gasteiger partial charge is 0.274 e. The van der Waals surface area contributed by atoms with Crippen molar-refractivity contribution >= 4 is 10.8 Å². The lowest BCUT2D eigenvalue weighted by molar-refractivity contribution is 0.230. The van der Waals surface area contributed by atoms with E-state index in [1.807, 2.05) is 13.8 Å². The van der Waals surface area contributed by atoms with E-state index in [2.05, 4.69) is 5.10 Å². The molecule has 1 aromatic carbocycles. The molecule has 0 unspecified atom stereocenters. The maximum atomic E-state index is 11.9. The Morgan fingerprint density at radius 2 is 1.78 bits per heavy atom. The number of rotatable bonds is 2. The van der Waals surface area contributed by atoms with E-state index in [1.54, 1.807) is 0 Å². The number of aryl methyl sites for hydroxylation is 1. The zero-order valence-electron chi connectivity index (χ0n) is 10.3. The molecular formula is C12H14N2O4. The standard InChI is InChI=1S/C12H14N2O4/c1-6(2)18-11-7-4-9(15)10(16)5-8(7)12(17)14(3)13-11/h4-6,15-16H,1-3H3. The number of hydrogen-bond acceptors (Lipinski definition) is 5. The molecule has 0 aliphatic carbocycles. The van der Waals surface area contributed by atoms with Gasteiger partial charge in [-0.1, -0.05) is 0 Å². The molecule has 6 nitrogen and oxygen atoms in total. The zero-order valence-corrected chi connectivity index (χ0v) is 10.3. The molecule has 0 radical (unpaired) electrons. The van der Waals surface area contributed by atoms with Crippen molar-refractivity contribution in [2.75, 3.05) is 0 Å². The van der Waals surface area contributed by atoms with Crippen LogP contribution in [0.2, 0.25) is 0 Å². The third-order valence-corrected chi connectivity index (χ3v) is 2.46. The average Bonchev–Trinajstić information content (AvgIpc) is 2.28. The van der Waals surface area contributed by atoms with Gasteiger partial charge < -0.3 is 14.9 Å². The van der Waals surface area contributed by atoms with Gasteiger partial charge in [0.25, 0.3) is 5.56 Å². The second-order valence-electron chi connectivity index (χ2n) is 4.29. The van der Waals surface area contributed by atoms with Crippen molar-refractivity contribution in [2.24, 2.45) is 7.05 Å². The second kappa shape index (κ2) is 4.21. The van der Waals surface area contributed by atoms with Crippen LogP contribution in [0, 0.1) is 0 Å². The minimum atomic E-state index is -0.364. The van der Waals surface area contributed by atoms with Crippen molar-refractivity contribution in [1.29, 1.82) is 0 Å². The highest BCUT2D eigenvalue weighted by Crippen LogP contribution is 2.32. The van der Waals surface area contributed by atoms with Gasteiger partial charge in [0.05, 0.1) is 16.9 Å². The van der Waals surface area contributed by atoms with E-state index in [0.717, 1.165) is 4.68 Å². The summed E-state index contributed by atoms with van der Waals surface area (Å²) in [5.41, 5.74) is -0.364. The Balaban J connectivity index is 2.83. The number of phenolic OH excluding ortho intramolecular Hbond substituents is 2. The molecule has 0 bridgehead atoms. The van der Waals surface area contributed by atoms with Gasteiger partial charge in [-0.25, -0.2) is 4.68 Å². The maximum Gasteiger partial charge on any atom is 0.274 e. The summed E-state index contributed by atoms with van der Waals surface area (Å²) in [5, 5.41) is 23.6. The lowest BCUT2D eigenvalue weighted by atomic mass is 10.1. The van der Waals surface area contributed by atoms with Crippen LogP contribution in [0.15, 0.2) is 16.9 Å². The summed E-state index contributed by atoms with van der Waals surface area (Å²) in [5.74, 6) is -0.412. The molecule has 2 rings (SSSR count). The monoisotopic (exact) mass is 250 g/mol. The predicted octanol–water partition coefficient (Wildman–Crippen LogP) is 1.13. The van der Waals surface area contributed by atoms with Crippen LogP contribution in [0.4, 0.5) is 0 Å². The van der Waals surface area contributed by atoms with Crippen molar-refractivity contribution in [3.05, 3.63) is 22.5 Å². The molecular weight excluding hydrogens is 236 g/mol. The highest BCUT2D eigenvalue weighted by Gasteiger charge is 2.14. The number of benzene rings is 1. The number of aromatic nitrogens is 2. The molecule has 0 fully saturated rings. The first-order valence-corrected chi connectivity index (χ1v) is 5.49. The van der Waals surface area contributed by atoms with Crippen LogP contribution in [0.1, 0.15) is 13.8 Å². The van der Waals surface area contributed by atoms with Crippen molar-refractivity contribution in [1.82, 2.24) is 9.78 Å². The number of hydrogen-bond donors (Lipinski definition) is 2. The average molecular weight is 250 g/mol. The van der Waals surface area contributed by atoms with Gasteiger partial charge >= 0.3 is 0 Å². The summed E-state index contributed by atoms with van der Waals surface area (Å²) in [6.45, 7) is 3.66. The highest BCUT2D eigenvalue weighted by molar-refractivity contribution is 5.88. The molecule has 1 aromatic heterocycles. The van der Waals surface area contributed by atoms with E-state index in [0.29, 0.717) is 5.39 Å². The van der Waals surface area contributed by atoms with E-state index in [9.17, 15) is 15.0 Å². The molecule has 6 heteroatoms. The second-order valence-corrected chi connectivity index (χ2v) is 4.29. The Hall–Kier alpha value is -2.24. The third kappa shape index (κ3) is 1.97. The summed E-state index contributed by atoms with van der Waals surface area (Å²) >= 11 is 0. The third-order valence-electron chi connectivity index (χ3n) is 2.46. The molecule has 0 atom stereocenters. The molecule has 1 heterocycles. The van der Waals surface area contributed by atoms with Crippen molar-refractivity contribution in [3.8, 4) is 17.4 Å². The molecule has 0 amide bonds. The van der Waals surface area contributed by atoms with E-state index >= 15 is 0 Å². The number of fused-ring (bicyclic) bond motifs is 1. The molecule has 0 aliphatic rings. The van der Waals surface area contributed by atoms with Gasteiger partial charge in [-0.2, -0.15) is 0 Å². The van der Waals surface area contributed by atoms with Crippen molar-refractivity contribution < 1.29 is 14.9 Å². The number of ether oxygens (including phenoxy) is 1. The Bertz CT molecular complexity index is 661. The maximum absolute atomic E-state index is 11.9. The van der Waals surface area contributed by atoms with Gasteiger partial charge in [0.15, 0.2) is 11.5 Å². The van der Waals surface area contributed by atoms with Crippen LogP contribution in [0.3, 0.4) is 0 Å². The molecule has 2 aromatic rings. The molecule has 18 heavy (non-hydrogen) atoms. The number of nitrogens with zero attached hydrogens (tertiary/aromatic N) is 2. The predicted molar refractivity (Wildman–Crippen MR) is 66.1 cm³/mol. The lowest BCUT2D eigenvalue weighted by Crippen LogP contribution is -2.21. The topological polar surface area (TPSA) is 84.6 Å². The largest absolute Gasteiger partial charge is 0.504 e. The van der Waals surface area contributed by atoms with Gasteiger partial charge in [-0.05, 0) is 26.0 Å². The van der Waals surface area contributed by atoms with E-state index in [4.69, 9.17) is 4.74 Å². The summed E-state index contributed by atoms with van der Waals surface area (Å²) in [4.78, 5) is 11.9. The van der Waals surface area contributed by atoms with Crippen LogP contribution in [0.5, 0.6) is 17.4 Å². The minimum absolute atomic E-state index is 0.117. The fourth-order valence-corrected chi connectivity index (χ4v) is 1.65. The van der Waals surface area contributed by atoms with Crippen molar-refractivity contribution in [2.45, 2.75) is 20.0 Å². The molecule has 0 saturated heterocycles. The first-order chi connectivity index (χ1) is 8.40. The Morgan fingerprint density at radius 3 is 2.33 bits per heavy atom. The number of phenols is 2. The molecule has 0 aliphatic heterocycles.